The molecular weight excluding hydrogens is 280 g/mol. The SMILES string of the molecule is CNC(Cc1cc(F)cc(F)c1)c1cc(C)cc(Cl)c1. The highest BCUT2D eigenvalue weighted by atomic mass is 35.5. The first-order valence-corrected chi connectivity index (χ1v) is 6.75. The number of aryl methyl sites for hydroxylation is 1. The first-order valence-electron chi connectivity index (χ1n) is 6.37. The van der Waals surface area contributed by atoms with Crippen LogP contribution in [0.25, 0.3) is 0 Å². The van der Waals surface area contributed by atoms with Gasteiger partial charge in [0.25, 0.3) is 0 Å². The van der Waals surface area contributed by atoms with E-state index in [1.54, 1.807) is 0 Å². The minimum absolute atomic E-state index is 0.0476. The number of hydrogen-bond donors (Lipinski definition) is 1. The lowest BCUT2D eigenvalue weighted by atomic mass is 9.97. The first kappa shape index (κ1) is 14.9. The molecule has 0 aliphatic carbocycles. The molecule has 1 N–H and O–H groups in total. The fourth-order valence-electron chi connectivity index (χ4n) is 2.32. The number of likely N-dealkylation sites (N-methyl/N-ethyl adjacent to an activating group) is 1. The molecule has 0 amide bonds. The van der Waals surface area contributed by atoms with Crippen molar-refractivity contribution in [3.8, 4) is 0 Å². The second-order valence-electron chi connectivity index (χ2n) is 4.88. The Labute approximate surface area is 122 Å². The van der Waals surface area contributed by atoms with Crippen LogP contribution in [0.15, 0.2) is 36.4 Å². The molecule has 0 saturated heterocycles. The lowest BCUT2D eigenvalue weighted by Crippen LogP contribution is -2.19. The molecule has 0 fully saturated rings. The van der Waals surface area contributed by atoms with Crippen LogP contribution in [0.4, 0.5) is 8.78 Å². The number of rotatable bonds is 4. The fourth-order valence-corrected chi connectivity index (χ4v) is 2.61. The van der Waals surface area contributed by atoms with E-state index in [1.165, 1.54) is 12.1 Å². The summed E-state index contributed by atoms with van der Waals surface area (Å²) in [5, 5.41) is 3.81. The van der Waals surface area contributed by atoms with Crippen LogP contribution in [0.3, 0.4) is 0 Å². The lowest BCUT2D eigenvalue weighted by molar-refractivity contribution is 0.562. The van der Waals surface area contributed by atoms with Crippen molar-refractivity contribution in [1.29, 1.82) is 0 Å². The Bertz CT molecular complexity index is 573. The molecule has 1 unspecified atom stereocenters. The fraction of sp³-hybridized carbons (Fsp3) is 0.250. The van der Waals surface area contributed by atoms with Crippen molar-refractivity contribution >= 4 is 11.6 Å². The van der Waals surface area contributed by atoms with Gasteiger partial charge < -0.3 is 5.32 Å². The maximum atomic E-state index is 13.2. The zero-order valence-electron chi connectivity index (χ0n) is 11.4. The van der Waals surface area contributed by atoms with Crippen molar-refractivity contribution in [3.63, 3.8) is 0 Å². The predicted octanol–water partition coefficient (Wildman–Crippen LogP) is 4.43. The standard InChI is InChI=1S/C16H16ClF2N/c1-10-3-12(8-13(17)4-10)16(20-2)7-11-5-14(18)9-15(19)6-11/h3-6,8-9,16,20H,7H2,1-2H3. The average molecular weight is 296 g/mol. The van der Waals surface area contributed by atoms with Crippen molar-refractivity contribution in [2.75, 3.05) is 7.05 Å². The van der Waals surface area contributed by atoms with Crippen LogP contribution in [-0.4, -0.2) is 7.05 Å². The molecule has 0 aromatic heterocycles. The molecule has 1 nitrogen and oxygen atoms in total. The third kappa shape index (κ3) is 3.78. The number of hydrogen-bond acceptors (Lipinski definition) is 1. The summed E-state index contributed by atoms with van der Waals surface area (Å²) in [4.78, 5) is 0. The summed E-state index contributed by atoms with van der Waals surface area (Å²) in [6.45, 7) is 1.96. The molecule has 0 aliphatic heterocycles. The minimum atomic E-state index is -0.558. The summed E-state index contributed by atoms with van der Waals surface area (Å²) >= 11 is 6.06. The summed E-state index contributed by atoms with van der Waals surface area (Å²) < 4.78 is 26.5. The van der Waals surface area contributed by atoms with E-state index in [0.29, 0.717) is 17.0 Å². The van der Waals surface area contributed by atoms with Gasteiger partial charge in [0, 0.05) is 17.1 Å². The highest BCUT2D eigenvalue weighted by Crippen LogP contribution is 2.23. The Balaban J connectivity index is 2.28. The Hall–Kier alpha value is -1.45. The highest BCUT2D eigenvalue weighted by Gasteiger charge is 2.12. The molecule has 1 atom stereocenters. The van der Waals surface area contributed by atoms with Gasteiger partial charge in [-0.1, -0.05) is 17.7 Å². The van der Waals surface area contributed by atoms with Crippen LogP contribution in [-0.2, 0) is 6.42 Å². The minimum Gasteiger partial charge on any atom is -0.313 e. The van der Waals surface area contributed by atoms with Crippen LogP contribution >= 0.6 is 11.6 Å². The van der Waals surface area contributed by atoms with Crippen molar-refractivity contribution < 1.29 is 8.78 Å². The van der Waals surface area contributed by atoms with Gasteiger partial charge >= 0.3 is 0 Å². The third-order valence-electron chi connectivity index (χ3n) is 3.18. The van der Waals surface area contributed by atoms with Crippen molar-refractivity contribution in [1.82, 2.24) is 5.32 Å². The van der Waals surface area contributed by atoms with Gasteiger partial charge in [-0.3, -0.25) is 0 Å². The van der Waals surface area contributed by atoms with Crippen molar-refractivity contribution in [3.05, 3.63) is 69.7 Å². The van der Waals surface area contributed by atoms with E-state index in [2.05, 4.69) is 5.32 Å². The number of nitrogens with one attached hydrogen (secondary N) is 1. The average Bonchev–Trinajstić information content (AvgIpc) is 2.33. The first-order chi connectivity index (χ1) is 9.47. The molecule has 0 spiro atoms. The van der Waals surface area contributed by atoms with E-state index < -0.39 is 11.6 Å². The maximum absolute atomic E-state index is 13.2. The summed E-state index contributed by atoms with van der Waals surface area (Å²) in [7, 11) is 1.82. The van der Waals surface area contributed by atoms with Gasteiger partial charge in [-0.2, -0.15) is 0 Å². The zero-order valence-corrected chi connectivity index (χ0v) is 12.1. The normalized spacial score (nSPS) is 12.4. The van der Waals surface area contributed by atoms with Gasteiger partial charge in [-0.15, -0.1) is 0 Å². The maximum Gasteiger partial charge on any atom is 0.126 e. The van der Waals surface area contributed by atoms with E-state index in [4.69, 9.17) is 11.6 Å². The Morgan fingerprint density at radius 2 is 1.70 bits per heavy atom. The molecule has 20 heavy (non-hydrogen) atoms. The molecule has 2 aromatic rings. The van der Waals surface area contributed by atoms with Crippen LogP contribution < -0.4 is 5.32 Å². The van der Waals surface area contributed by atoms with Crippen molar-refractivity contribution in [2.24, 2.45) is 0 Å². The molecule has 0 saturated carbocycles. The summed E-state index contributed by atoms with van der Waals surface area (Å²) in [5.41, 5.74) is 2.67. The van der Waals surface area contributed by atoms with Gasteiger partial charge in [0.2, 0.25) is 0 Å². The number of halogens is 3. The molecule has 0 radical (unpaired) electrons. The van der Waals surface area contributed by atoms with Crippen LogP contribution in [0.1, 0.15) is 22.7 Å². The van der Waals surface area contributed by atoms with Crippen molar-refractivity contribution in [2.45, 2.75) is 19.4 Å². The molecule has 0 aliphatic rings. The molecule has 2 aromatic carbocycles. The Morgan fingerprint density at radius 3 is 2.25 bits per heavy atom. The van der Waals surface area contributed by atoms with E-state index in [1.807, 2.05) is 32.2 Å². The van der Waals surface area contributed by atoms with Gasteiger partial charge in [-0.25, -0.2) is 8.78 Å². The third-order valence-corrected chi connectivity index (χ3v) is 3.40. The highest BCUT2D eigenvalue weighted by molar-refractivity contribution is 6.30. The predicted molar refractivity (Wildman–Crippen MR) is 78.1 cm³/mol. The molecule has 0 bridgehead atoms. The lowest BCUT2D eigenvalue weighted by Gasteiger charge is -2.18. The summed E-state index contributed by atoms with van der Waals surface area (Å²) in [6.07, 6.45) is 0.491. The summed E-state index contributed by atoms with van der Waals surface area (Å²) in [6, 6.07) is 9.29. The quantitative estimate of drug-likeness (QED) is 0.880. The van der Waals surface area contributed by atoms with E-state index in [9.17, 15) is 8.78 Å². The Kier molecular flexibility index (Phi) is 4.73. The second-order valence-corrected chi connectivity index (χ2v) is 5.32. The van der Waals surface area contributed by atoms with E-state index in [0.717, 1.165) is 17.2 Å². The smallest absolute Gasteiger partial charge is 0.126 e. The van der Waals surface area contributed by atoms with E-state index in [-0.39, 0.29) is 6.04 Å². The monoisotopic (exact) mass is 295 g/mol. The molecule has 2 rings (SSSR count). The van der Waals surface area contributed by atoms with Gasteiger partial charge in [0.1, 0.15) is 11.6 Å². The van der Waals surface area contributed by atoms with Crippen LogP contribution in [0.5, 0.6) is 0 Å². The molecular formula is C16H16ClF2N. The van der Waals surface area contributed by atoms with E-state index >= 15 is 0 Å². The van der Waals surface area contributed by atoms with Gasteiger partial charge in [-0.05, 0) is 61.3 Å². The largest absolute Gasteiger partial charge is 0.313 e. The molecule has 106 valence electrons. The second kappa shape index (κ2) is 6.33. The topological polar surface area (TPSA) is 12.0 Å². The number of benzene rings is 2. The van der Waals surface area contributed by atoms with Crippen LogP contribution in [0.2, 0.25) is 5.02 Å². The zero-order chi connectivity index (χ0) is 14.7. The summed E-state index contributed by atoms with van der Waals surface area (Å²) in [5.74, 6) is -1.12. The Morgan fingerprint density at radius 1 is 1.05 bits per heavy atom. The van der Waals surface area contributed by atoms with Crippen LogP contribution in [0, 0.1) is 18.6 Å². The van der Waals surface area contributed by atoms with Gasteiger partial charge in [0.15, 0.2) is 0 Å². The van der Waals surface area contributed by atoms with Gasteiger partial charge in [0.05, 0.1) is 0 Å². The molecule has 4 heteroatoms. The molecule has 0 heterocycles.